The summed E-state index contributed by atoms with van der Waals surface area (Å²) in [5.41, 5.74) is 3.01. The Kier molecular flexibility index (Phi) is 3.62. The average molecular weight is 265 g/mol. The monoisotopic (exact) mass is 264 g/mol. The summed E-state index contributed by atoms with van der Waals surface area (Å²) in [6.07, 6.45) is 1.70. The molecule has 2 aromatic rings. The summed E-state index contributed by atoms with van der Waals surface area (Å²) in [5, 5.41) is -0.131. The van der Waals surface area contributed by atoms with Gasteiger partial charge in [0.1, 0.15) is 5.82 Å². The molecule has 2 rings (SSSR count). The van der Waals surface area contributed by atoms with Crippen molar-refractivity contribution in [3.05, 3.63) is 47.0 Å². The van der Waals surface area contributed by atoms with E-state index in [0.29, 0.717) is 17.0 Å². The zero-order valence-electron chi connectivity index (χ0n) is 10.5. The summed E-state index contributed by atoms with van der Waals surface area (Å²) < 4.78 is 13.5. The molecule has 0 bridgehead atoms. The first-order chi connectivity index (χ1) is 8.49. The van der Waals surface area contributed by atoms with E-state index in [9.17, 15) is 4.39 Å². The third-order valence-corrected chi connectivity index (χ3v) is 3.11. The molecule has 1 aromatic heterocycles. The van der Waals surface area contributed by atoms with Gasteiger partial charge >= 0.3 is 0 Å². The zero-order valence-corrected chi connectivity index (χ0v) is 11.3. The summed E-state index contributed by atoms with van der Waals surface area (Å²) in [4.78, 5) is 8.61. The van der Waals surface area contributed by atoms with Crippen LogP contribution in [0.5, 0.6) is 0 Å². The Hall–Kier alpha value is -1.48. The van der Waals surface area contributed by atoms with Crippen molar-refractivity contribution in [2.75, 3.05) is 0 Å². The number of nitrogens with zero attached hydrogens (tertiary/aromatic N) is 2. The second-order valence-electron chi connectivity index (χ2n) is 4.31. The van der Waals surface area contributed by atoms with E-state index < -0.39 is 0 Å². The molecule has 0 aliphatic carbocycles. The second-order valence-corrected chi connectivity index (χ2v) is 4.97. The molecule has 1 aromatic carbocycles. The van der Waals surface area contributed by atoms with Crippen LogP contribution in [0.4, 0.5) is 4.39 Å². The van der Waals surface area contributed by atoms with Crippen LogP contribution in [-0.2, 0) is 0 Å². The molecular weight excluding hydrogens is 251 g/mol. The lowest BCUT2D eigenvalue weighted by atomic mass is 10.1. The number of alkyl halides is 1. The number of halogens is 2. The quantitative estimate of drug-likeness (QED) is 0.760. The average Bonchev–Trinajstić information content (AvgIpc) is 2.32. The minimum atomic E-state index is -0.247. The van der Waals surface area contributed by atoms with Gasteiger partial charge in [-0.1, -0.05) is 12.1 Å². The fourth-order valence-corrected chi connectivity index (χ4v) is 1.95. The molecule has 0 N–H and O–H groups in total. The lowest BCUT2D eigenvalue weighted by Gasteiger charge is -2.08. The number of benzene rings is 1. The van der Waals surface area contributed by atoms with Gasteiger partial charge in [-0.2, -0.15) is 0 Å². The van der Waals surface area contributed by atoms with Crippen LogP contribution < -0.4 is 0 Å². The fraction of sp³-hybridized carbons (Fsp3) is 0.286. The van der Waals surface area contributed by atoms with E-state index >= 15 is 0 Å². The summed E-state index contributed by atoms with van der Waals surface area (Å²) in [6.45, 7) is 5.48. The van der Waals surface area contributed by atoms with Crippen LogP contribution in [0.25, 0.3) is 11.4 Å². The summed E-state index contributed by atoms with van der Waals surface area (Å²) >= 11 is 6.01. The van der Waals surface area contributed by atoms with Gasteiger partial charge in [-0.15, -0.1) is 11.6 Å². The first kappa shape index (κ1) is 13.0. The van der Waals surface area contributed by atoms with Crippen LogP contribution >= 0.6 is 11.6 Å². The Labute approximate surface area is 111 Å². The van der Waals surface area contributed by atoms with Crippen LogP contribution in [-0.4, -0.2) is 9.97 Å². The van der Waals surface area contributed by atoms with Gasteiger partial charge in [0.15, 0.2) is 5.82 Å². The number of aromatic nitrogens is 2. The Bertz CT molecular complexity index is 582. The molecule has 94 valence electrons. The predicted octanol–water partition coefficient (Wildman–Crippen LogP) is 4.20. The number of hydrogen-bond acceptors (Lipinski definition) is 2. The Morgan fingerprint density at radius 3 is 2.56 bits per heavy atom. The van der Waals surface area contributed by atoms with Gasteiger partial charge in [0.05, 0.1) is 5.38 Å². The highest BCUT2D eigenvalue weighted by Gasteiger charge is 2.10. The fourth-order valence-electron chi connectivity index (χ4n) is 1.74. The molecule has 2 nitrogen and oxygen atoms in total. The maximum absolute atomic E-state index is 13.5. The Morgan fingerprint density at radius 2 is 2.00 bits per heavy atom. The van der Waals surface area contributed by atoms with Gasteiger partial charge in [0, 0.05) is 23.0 Å². The van der Waals surface area contributed by atoms with Crippen LogP contribution in [0.2, 0.25) is 0 Å². The topological polar surface area (TPSA) is 25.8 Å². The highest BCUT2D eigenvalue weighted by Crippen LogP contribution is 2.24. The molecule has 0 saturated heterocycles. The van der Waals surface area contributed by atoms with E-state index in [0.717, 1.165) is 11.3 Å². The molecule has 4 heteroatoms. The molecule has 0 spiro atoms. The van der Waals surface area contributed by atoms with Crippen LogP contribution in [0, 0.1) is 19.7 Å². The first-order valence-electron chi connectivity index (χ1n) is 5.73. The van der Waals surface area contributed by atoms with Crippen LogP contribution in [0.3, 0.4) is 0 Å². The number of rotatable bonds is 2. The zero-order chi connectivity index (χ0) is 13.3. The lowest BCUT2D eigenvalue weighted by Crippen LogP contribution is -1.99. The van der Waals surface area contributed by atoms with Gasteiger partial charge in [0.2, 0.25) is 0 Å². The van der Waals surface area contributed by atoms with Gasteiger partial charge < -0.3 is 0 Å². The number of hydrogen-bond donors (Lipinski definition) is 0. The van der Waals surface area contributed by atoms with Crippen LogP contribution in [0.15, 0.2) is 24.4 Å². The van der Waals surface area contributed by atoms with Crippen molar-refractivity contribution in [2.45, 2.75) is 26.1 Å². The molecule has 0 aliphatic rings. The molecule has 0 radical (unpaired) electrons. The normalized spacial score (nSPS) is 12.5. The van der Waals surface area contributed by atoms with E-state index in [1.807, 2.05) is 19.9 Å². The van der Waals surface area contributed by atoms with Crippen molar-refractivity contribution in [1.29, 1.82) is 0 Å². The molecule has 0 fully saturated rings. The molecule has 1 unspecified atom stereocenters. The summed E-state index contributed by atoms with van der Waals surface area (Å²) in [5.74, 6) is 0.274. The third-order valence-electron chi connectivity index (χ3n) is 2.88. The van der Waals surface area contributed by atoms with Crippen molar-refractivity contribution in [3.63, 3.8) is 0 Å². The minimum absolute atomic E-state index is 0.131. The number of aryl methyl sites for hydroxylation is 2. The minimum Gasteiger partial charge on any atom is -0.236 e. The third kappa shape index (κ3) is 2.51. The smallest absolute Gasteiger partial charge is 0.159 e. The highest BCUT2D eigenvalue weighted by molar-refractivity contribution is 6.20. The molecule has 1 heterocycles. The molecule has 1 atom stereocenters. The molecular formula is C14H14ClFN2. The summed E-state index contributed by atoms with van der Waals surface area (Å²) in [7, 11) is 0. The summed E-state index contributed by atoms with van der Waals surface area (Å²) in [6, 6.07) is 4.99. The van der Waals surface area contributed by atoms with E-state index in [-0.39, 0.29) is 11.2 Å². The largest absolute Gasteiger partial charge is 0.236 e. The van der Waals surface area contributed by atoms with Crippen molar-refractivity contribution in [3.8, 4) is 11.4 Å². The van der Waals surface area contributed by atoms with Crippen molar-refractivity contribution >= 4 is 11.6 Å². The van der Waals surface area contributed by atoms with E-state index in [1.54, 1.807) is 19.2 Å². The maximum atomic E-state index is 13.5. The second kappa shape index (κ2) is 5.02. The van der Waals surface area contributed by atoms with Crippen LogP contribution in [0.1, 0.15) is 29.1 Å². The van der Waals surface area contributed by atoms with Gasteiger partial charge in [-0.05, 0) is 32.4 Å². The molecule has 18 heavy (non-hydrogen) atoms. The predicted molar refractivity (Wildman–Crippen MR) is 71.2 cm³/mol. The van der Waals surface area contributed by atoms with Gasteiger partial charge in [0.25, 0.3) is 0 Å². The van der Waals surface area contributed by atoms with E-state index in [1.165, 1.54) is 6.07 Å². The lowest BCUT2D eigenvalue weighted by molar-refractivity contribution is 0.619. The van der Waals surface area contributed by atoms with Crippen molar-refractivity contribution in [1.82, 2.24) is 9.97 Å². The maximum Gasteiger partial charge on any atom is 0.159 e. The van der Waals surface area contributed by atoms with E-state index in [2.05, 4.69) is 9.97 Å². The Morgan fingerprint density at radius 1 is 1.28 bits per heavy atom. The highest BCUT2D eigenvalue weighted by atomic mass is 35.5. The first-order valence-corrected chi connectivity index (χ1v) is 6.17. The standard InChI is InChI=1S/C14H14ClFN2/c1-8-4-5-11(6-13(8)16)14-17-7-12(9(2)15)10(3)18-14/h4-7,9H,1-3H3. The van der Waals surface area contributed by atoms with Crippen molar-refractivity contribution in [2.24, 2.45) is 0 Å². The van der Waals surface area contributed by atoms with Gasteiger partial charge in [-0.25, -0.2) is 14.4 Å². The van der Waals surface area contributed by atoms with E-state index in [4.69, 9.17) is 11.6 Å². The molecule has 0 saturated carbocycles. The molecule has 0 aliphatic heterocycles. The Balaban J connectivity index is 2.45. The van der Waals surface area contributed by atoms with Gasteiger partial charge in [-0.3, -0.25) is 0 Å². The van der Waals surface area contributed by atoms with Crippen molar-refractivity contribution < 1.29 is 4.39 Å². The SMILES string of the molecule is Cc1ccc(-c2ncc(C(C)Cl)c(C)n2)cc1F. The molecule has 0 amide bonds.